The van der Waals surface area contributed by atoms with Crippen LogP contribution in [0.5, 0.6) is 0 Å². The number of halogens is 2. The van der Waals surface area contributed by atoms with Crippen LogP contribution in [-0.2, 0) is 22.4 Å². The van der Waals surface area contributed by atoms with Crippen LogP contribution in [0, 0.1) is 0 Å². The summed E-state index contributed by atoms with van der Waals surface area (Å²) in [6.07, 6.45) is 8.84. The van der Waals surface area contributed by atoms with Gasteiger partial charge in [0.25, 0.3) is 0 Å². The zero-order valence-electron chi connectivity index (χ0n) is 24.3. The molecule has 0 saturated carbocycles. The average molecular weight is 602 g/mol. The van der Waals surface area contributed by atoms with Crippen LogP contribution in [0.3, 0.4) is 0 Å². The molecule has 2 heterocycles. The van der Waals surface area contributed by atoms with E-state index in [1.54, 1.807) is 0 Å². The lowest BCUT2D eigenvalue weighted by molar-refractivity contribution is -0.118. The third-order valence-corrected chi connectivity index (χ3v) is 8.72. The molecule has 224 valence electrons. The molecule has 1 N–H and O–H groups in total. The number of ketones is 1. The van der Waals surface area contributed by atoms with Gasteiger partial charge >= 0.3 is 0 Å². The number of amides is 1. The molecule has 2 aliphatic rings. The second-order valence-corrected chi connectivity index (χ2v) is 12.2. The van der Waals surface area contributed by atoms with Crippen molar-refractivity contribution in [2.75, 3.05) is 67.8 Å². The highest BCUT2D eigenvalue weighted by molar-refractivity contribution is 6.18. The van der Waals surface area contributed by atoms with E-state index in [9.17, 15) is 9.59 Å². The van der Waals surface area contributed by atoms with E-state index in [2.05, 4.69) is 20.0 Å². The molecule has 2 aromatic carbocycles. The first-order valence-corrected chi connectivity index (χ1v) is 16.4. The van der Waals surface area contributed by atoms with Crippen LogP contribution >= 0.6 is 23.2 Å². The lowest BCUT2D eigenvalue weighted by atomic mass is 9.99. The van der Waals surface area contributed by atoms with Crippen LogP contribution in [0.2, 0.25) is 0 Å². The molecule has 6 nitrogen and oxygen atoms in total. The number of nitrogens with zero attached hydrogens (tertiary/aromatic N) is 3. The number of rotatable bonds is 15. The molecule has 0 atom stereocenters. The van der Waals surface area contributed by atoms with Gasteiger partial charge in [0.1, 0.15) is 5.78 Å². The Morgan fingerprint density at radius 1 is 0.854 bits per heavy atom. The van der Waals surface area contributed by atoms with Crippen molar-refractivity contribution in [1.82, 2.24) is 9.80 Å². The number of alkyl halides is 2. The van der Waals surface area contributed by atoms with Gasteiger partial charge in [0.05, 0.1) is 6.42 Å². The maximum Gasteiger partial charge on any atom is 0.228 e. The average Bonchev–Trinajstić information content (AvgIpc) is 2.98. The summed E-state index contributed by atoms with van der Waals surface area (Å²) >= 11 is 11.8. The fourth-order valence-corrected chi connectivity index (χ4v) is 6.56. The Morgan fingerprint density at radius 3 is 2.24 bits per heavy atom. The van der Waals surface area contributed by atoms with Crippen molar-refractivity contribution in [2.24, 2.45) is 0 Å². The van der Waals surface area contributed by atoms with Crippen LogP contribution in [0.4, 0.5) is 11.4 Å². The highest BCUT2D eigenvalue weighted by Crippen LogP contribution is 2.21. The number of anilines is 2. The maximum atomic E-state index is 12.7. The Balaban J connectivity index is 1.16. The first-order valence-electron chi connectivity index (χ1n) is 15.4. The minimum absolute atomic E-state index is 0.0799. The molecule has 4 rings (SSSR count). The third-order valence-electron chi connectivity index (χ3n) is 8.38. The Bertz CT molecular complexity index is 1080. The lowest BCUT2D eigenvalue weighted by Crippen LogP contribution is -2.46. The van der Waals surface area contributed by atoms with Gasteiger partial charge < -0.3 is 20.0 Å². The number of carbonyl (C=O) groups is 2. The summed E-state index contributed by atoms with van der Waals surface area (Å²) in [6.45, 7) is 7.33. The van der Waals surface area contributed by atoms with Gasteiger partial charge in [-0.05, 0) is 100 Å². The van der Waals surface area contributed by atoms with Crippen LogP contribution in [0.1, 0.15) is 56.1 Å². The van der Waals surface area contributed by atoms with Gasteiger partial charge in [-0.1, -0.05) is 30.7 Å². The second-order valence-electron chi connectivity index (χ2n) is 11.4. The molecule has 0 spiro atoms. The quantitative estimate of drug-likeness (QED) is 0.254. The number of likely N-dealkylation sites (tertiary alicyclic amines) is 2. The van der Waals surface area contributed by atoms with Crippen LogP contribution in [0.15, 0.2) is 48.5 Å². The van der Waals surface area contributed by atoms with Crippen LogP contribution in [0.25, 0.3) is 0 Å². The van der Waals surface area contributed by atoms with Crippen molar-refractivity contribution in [3.63, 3.8) is 0 Å². The Hall–Kier alpha value is -2.12. The van der Waals surface area contributed by atoms with Crippen molar-refractivity contribution >= 4 is 46.3 Å². The van der Waals surface area contributed by atoms with Crippen molar-refractivity contribution < 1.29 is 9.59 Å². The lowest BCUT2D eigenvalue weighted by Gasteiger charge is -2.40. The smallest absolute Gasteiger partial charge is 0.228 e. The summed E-state index contributed by atoms with van der Waals surface area (Å²) in [7, 11) is 0. The van der Waals surface area contributed by atoms with E-state index in [1.807, 2.05) is 48.5 Å². The van der Waals surface area contributed by atoms with Crippen molar-refractivity contribution in [2.45, 2.75) is 63.8 Å². The van der Waals surface area contributed by atoms with Crippen molar-refractivity contribution in [1.29, 1.82) is 0 Å². The largest absolute Gasteiger partial charge is 0.369 e. The molecule has 2 aliphatic heterocycles. The number of hydrogen-bond acceptors (Lipinski definition) is 5. The highest BCUT2D eigenvalue weighted by atomic mass is 35.5. The maximum absolute atomic E-state index is 12.7. The van der Waals surface area contributed by atoms with Gasteiger partial charge in [-0.3, -0.25) is 9.59 Å². The molecule has 0 radical (unpaired) electrons. The monoisotopic (exact) mass is 600 g/mol. The van der Waals surface area contributed by atoms with E-state index in [0.717, 1.165) is 67.7 Å². The summed E-state index contributed by atoms with van der Waals surface area (Å²) in [6, 6.07) is 16.4. The summed E-state index contributed by atoms with van der Waals surface area (Å²) in [5.74, 6) is 1.24. The van der Waals surface area contributed by atoms with E-state index >= 15 is 0 Å². The molecule has 1 amide bonds. The van der Waals surface area contributed by atoms with Crippen molar-refractivity contribution in [3.05, 3.63) is 59.7 Å². The van der Waals surface area contributed by atoms with Gasteiger partial charge in [0, 0.05) is 55.1 Å². The Labute approximate surface area is 256 Å². The number of carbonyl (C=O) groups excluding carboxylic acids is 2. The minimum Gasteiger partial charge on any atom is -0.369 e. The number of hydrogen-bond donors (Lipinski definition) is 1. The molecule has 8 heteroatoms. The molecule has 41 heavy (non-hydrogen) atoms. The zero-order chi connectivity index (χ0) is 28.9. The van der Waals surface area contributed by atoms with Gasteiger partial charge in [-0.2, -0.15) is 0 Å². The Morgan fingerprint density at radius 2 is 1.56 bits per heavy atom. The van der Waals surface area contributed by atoms with E-state index < -0.39 is 0 Å². The number of Topliss-reactive ketones (excluding diaryl/α,β-unsaturated/α-hetero) is 1. The highest BCUT2D eigenvalue weighted by Gasteiger charge is 2.25. The molecule has 2 fully saturated rings. The number of piperidine rings is 2. The molecular weight excluding hydrogens is 555 g/mol. The molecular formula is C33H46Cl2N4O2. The van der Waals surface area contributed by atoms with E-state index in [0.29, 0.717) is 24.6 Å². The van der Waals surface area contributed by atoms with Gasteiger partial charge in [0.2, 0.25) is 5.91 Å². The predicted molar refractivity (Wildman–Crippen MR) is 172 cm³/mol. The molecule has 2 saturated heterocycles. The van der Waals surface area contributed by atoms with Gasteiger partial charge in [-0.25, -0.2) is 0 Å². The van der Waals surface area contributed by atoms with Crippen LogP contribution < -0.4 is 10.2 Å². The van der Waals surface area contributed by atoms with Gasteiger partial charge in [0.15, 0.2) is 0 Å². The standard InChI is InChI=1S/C33H46Cl2N4O2/c34-15-22-39(23-16-35)30-11-9-27(10-12-30)26-33(41)36-29-7-4-6-28(24-29)25-32(40)8-5-17-37-20-13-31(14-21-37)38-18-2-1-3-19-38/h4,6-7,9-12,24,31H,1-3,5,8,13-23,25-26H2,(H,36,41). The molecule has 0 bridgehead atoms. The first-order chi connectivity index (χ1) is 20.0. The summed E-state index contributed by atoms with van der Waals surface area (Å²) in [4.78, 5) is 32.8. The van der Waals surface area contributed by atoms with Gasteiger partial charge in [-0.15, -0.1) is 23.2 Å². The molecule has 0 aromatic heterocycles. The molecule has 0 aliphatic carbocycles. The predicted octanol–water partition coefficient (Wildman–Crippen LogP) is 5.99. The summed E-state index contributed by atoms with van der Waals surface area (Å²) < 4.78 is 0. The fraction of sp³-hybridized carbons (Fsp3) is 0.576. The first kappa shape index (κ1) is 31.8. The van der Waals surface area contributed by atoms with E-state index in [-0.39, 0.29) is 18.1 Å². The zero-order valence-corrected chi connectivity index (χ0v) is 25.8. The third kappa shape index (κ3) is 10.6. The summed E-state index contributed by atoms with van der Waals surface area (Å²) in [5.41, 5.74) is 3.65. The number of benzene rings is 2. The van der Waals surface area contributed by atoms with Crippen LogP contribution in [-0.4, -0.2) is 85.1 Å². The summed E-state index contributed by atoms with van der Waals surface area (Å²) in [5, 5.41) is 2.99. The normalized spacial score (nSPS) is 16.9. The second kappa shape index (κ2) is 17.1. The van der Waals surface area contributed by atoms with E-state index in [1.165, 1.54) is 45.2 Å². The van der Waals surface area contributed by atoms with E-state index in [4.69, 9.17) is 23.2 Å². The molecule has 0 unspecified atom stereocenters. The Kier molecular flexibility index (Phi) is 13.3. The minimum atomic E-state index is -0.0799. The van der Waals surface area contributed by atoms with Crippen molar-refractivity contribution in [3.8, 4) is 0 Å². The SMILES string of the molecule is O=C(CCCN1CCC(N2CCCCC2)CC1)Cc1cccc(NC(=O)Cc2ccc(N(CCCl)CCCl)cc2)c1. The topological polar surface area (TPSA) is 55.9 Å². The number of nitrogens with one attached hydrogen (secondary N) is 1. The molecule has 2 aromatic rings. The fourth-order valence-electron chi connectivity index (χ4n) is 6.16.